The van der Waals surface area contributed by atoms with Crippen molar-refractivity contribution in [3.05, 3.63) is 120 Å². The number of aromatic amines is 1. The number of para-hydroxylation sites is 1. The summed E-state index contributed by atoms with van der Waals surface area (Å²) in [6, 6.07) is 36.2. The lowest BCUT2D eigenvalue weighted by molar-refractivity contribution is 1.54. The summed E-state index contributed by atoms with van der Waals surface area (Å²) in [6.45, 7) is 0. The van der Waals surface area contributed by atoms with Crippen LogP contribution >= 0.6 is 0 Å². The topological polar surface area (TPSA) is 15.8 Å². The number of fused-ring (bicyclic) bond motifs is 3. The molecule has 0 aliphatic carbocycles. The smallest absolute Gasteiger partial charge is 0.0471 e. The minimum atomic E-state index is 1.17. The Morgan fingerprint density at radius 3 is 2.07 bits per heavy atom. The Morgan fingerprint density at radius 2 is 1.26 bits per heavy atom. The molecule has 0 bridgehead atoms. The summed E-state index contributed by atoms with van der Waals surface area (Å²) in [7, 11) is 0. The van der Waals surface area contributed by atoms with E-state index in [2.05, 4.69) is 114 Å². The van der Waals surface area contributed by atoms with Gasteiger partial charge in [-0.15, -0.1) is 0 Å². The summed E-state index contributed by atoms with van der Waals surface area (Å²) >= 11 is 0. The lowest BCUT2D eigenvalue weighted by Crippen LogP contribution is -1.89. The van der Waals surface area contributed by atoms with Crippen LogP contribution in [-0.4, -0.2) is 4.98 Å². The van der Waals surface area contributed by atoms with E-state index in [9.17, 15) is 0 Å². The molecule has 1 heterocycles. The van der Waals surface area contributed by atoms with Gasteiger partial charge in [-0.05, 0) is 40.5 Å². The third-order valence-electron chi connectivity index (χ3n) is 5.02. The molecule has 1 nitrogen and oxygen atoms in total. The fourth-order valence-corrected chi connectivity index (χ4v) is 3.78. The van der Waals surface area contributed by atoms with E-state index >= 15 is 0 Å². The van der Waals surface area contributed by atoms with E-state index in [1.54, 1.807) is 0 Å². The van der Waals surface area contributed by atoms with Gasteiger partial charge in [0.15, 0.2) is 0 Å². The number of benzene rings is 4. The van der Waals surface area contributed by atoms with Gasteiger partial charge in [-0.25, -0.2) is 0 Å². The SMILES string of the molecule is C(=C(/c1ccccc1)c1cccc2[nH]c3ccccc3c12)/c1ccccc1. The minimum absolute atomic E-state index is 1.17. The second-order valence-corrected chi connectivity index (χ2v) is 6.73. The van der Waals surface area contributed by atoms with E-state index in [1.165, 1.54) is 44.1 Å². The number of H-pyrrole nitrogens is 1. The third-order valence-corrected chi connectivity index (χ3v) is 5.02. The molecule has 0 amide bonds. The molecule has 1 aromatic heterocycles. The third kappa shape index (κ3) is 2.84. The molecule has 0 spiro atoms. The molecule has 0 atom stereocenters. The monoisotopic (exact) mass is 345 g/mol. The highest BCUT2D eigenvalue weighted by molar-refractivity contribution is 6.14. The first-order chi connectivity index (χ1) is 13.4. The first-order valence-electron chi connectivity index (χ1n) is 9.22. The van der Waals surface area contributed by atoms with Crippen molar-refractivity contribution in [2.45, 2.75) is 0 Å². The lowest BCUT2D eigenvalue weighted by Gasteiger charge is -2.11. The Bertz CT molecular complexity index is 1240. The van der Waals surface area contributed by atoms with Crippen molar-refractivity contribution in [3.8, 4) is 0 Å². The average molecular weight is 345 g/mol. The lowest BCUT2D eigenvalue weighted by atomic mass is 9.92. The van der Waals surface area contributed by atoms with Gasteiger partial charge in [-0.3, -0.25) is 0 Å². The van der Waals surface area contributed by atoms with Crippen LogP contribution in [0.5, 0.6) is 0 Å². The molecule has 1 N–H and O–H groups in total. The summed E-state index contributed by atoms with van der Waals surface area (Å²) in [5.74, 6) is 0. The fourth-order valence-electron chi connectivity index (χ4n) is 3.78. The quantitative estimate of drug-likeness (QED) is 0.342. The van der Waals surface area contributed by atoms with Crippen molar-refractivity contribution in [2.24, 2.45) is 0 Å². The van der Waals surface area contributed by atoms with Gasteiger partial charge in [0, 0.05) is 21.8 Å². The highest BCUT2D eigenvalue weighted by Crippen LogP contribution is 2.35. The minimum Gasteiger partial charge on any atom is -0.354 e. The standard InChI is InChI=1S/C26H19N/c1-3-10-19(11-4-1)18-23(20-12-5-2-6-13-20)21-15-9-17-25-26(21)22-14-7-8-16-24(22)27-25/h1-18,27H/b23-18+. The van der Waals surface area contributed by atoms with Crippen LogP contribution in [0.3, 0.4) is 0 Å². The molecule has 1 heteroatoms. The first kappa shape index (κ1) is 15.7. The van der Waals surface area contributed by atoms with Crippen LogP contribution in [0.1, 0.15) is 16.7 Å². The zero-order chi connectivity index (χ0) is 18.1. The van der Waals surface area contributed by atoms with Crippen LogP contribution in [0.15, 0.2) is 103 Å². The maximum absolute atomic E-state index is 3.56. The molecule has 27 heavy (non-hydrogen) atoms. The van der Waals surface area contributed by atoms with Crippen LogP contribution in [0.25, 0.3) is 33.5 Å². The summed E-state index contributed by atoms with van der Waals surface area (Å²) in [6.07, 6.45) is 2.28. The molecule has 0 unspecified atom stereocenters. The fraction of sp³-hybridized carbons (Fsp3) is 0. The number of nitrogens with one attached hydrogen (secondary N) is 1. The highest BCUT2D eigenvalue weighted by atomic mass is 14.7. The van der Waals surface area contributed by atoms with Crippen molar-refractivity contribution in [3.63, 3.8) is 0 Å². The van der Waals surface area contributed by atoms with Crippen molar-refractivity contribution in [2.75, 3.05) is 0 Å². The van der Waals surface area contributed by atoms with Crippen LogP contribution in [0.4, 0.5) is 0 Å². The zero-order valence-electron chi connectivity index (χ0n) is 14.9. The van der Waals surface area contributed by atoms with Gasteiger partial charge in [0.2, 0.25) is 0 Å². The van der Waals surface area contributed by atoms with Crippen molar-refractivity contribution < 1.29 is 0 Å². The van der Waals surface area contributed by atoms with E-state index in [4.69, 9.17) is 0 Å². The molecule has 0 aliphatic heterocycles. The van der Waals surface area contributed by atoms with Gasteiger partial charge >= 0.3 is 0 Å². The van der Waals surface area contributed by atoms with Gasteiger partial charge in [-0.1, -0.05) is 91.0 Å². The second kappa shape index (κ2) is 6.62. The molecule has 128 valence electrons. The van der Waals surface area contributed by atoms with Gasteiger partial charge < -0.3 is 4.98 Å². The van der Waals surface area contributed by atoms with Gasteiger partial charge in [0.1, 0.15) is 0 Å². The molecule has 4 aromatic carbocycles. The molecule has 0 radical (unpaired) electrons. The molecule has 0 saturated carbocycles. The van der Waals surface area contributed by atoms with E-state index in [1.807, 2.05) is 0 Å². The molecular weight excluding hydrogens is 326 g/mol. The second-order valence-electron chi connectivity index (χ2n) is 6.73. The van der Waals surface area contributed by atoms with E-state index in [0.717, 1.165) is 0 Å². The normalized spacial score (nSPS) is 11.9. The highest BCUT2D eigenvalue weighted by Gasteiger charge is 2.13. The zero-order valence-corrected chi connectivity index (χ0v) is 14.9. The Balaban J connectivity index is 1.84. The van der Waals surface area contributed by atoms with E-state index < -0.39 is 0 Å². The molecule has 5 aromatic rings. The summed E-state index contributed by atoms with van der Waals surface area (Å²) < 4.78 is 0. The Kier molecular flexibility index (Phi) is 3.84. The van der Waals surface area contributed by atoms with Crippen LogP contribution < -0.4 is 0 Å². The maximum atomic E-state index is 3.56. The Hall–Kier alpha value is -3.58. The summed E-state index contributed by atoms with van der Waals surface area (Å²) in [4.78, 5) is 3.56. The van der Waals surface area contributed by atoms with Gasteiger partial charge in [-0.2, -0.15) is 0 Å². The predicted octanol–water partition coefficient (Wildman–Crippen LogP) is 6.91. The Labute approximate surface area is 158 Å². The van der Waals surface area contributed by atoms with Crippen LogP contribution in [0.2, 0.25) is 0 Å². The number of rotatable bonds is 3. The van der Waals surface area contributed by atoms with Gasteiger partial charge in [0.25, 0.3) is 0 Å². The summed E-state index contributed by atoms with van der Waals surface area (Å²) in [5, 5.41) is 2.54. The van der Waals surface area contributed by atoms with Crippen LogP contribution in [0, 0.1) is 0 Å². The van der Waals surface area contributed by atoms with Crippen molar-refractivity contribution in [1.29, 1.82) is 0 Å². The van der Waals surface area contributed by atoms with E-state index in [0.29, 0.717) is 0 Å². The maximum Gasteiger partial charge on any atom is 0.0471 e. The molecule has 0 aliphatic rings. The van der Waals surface area contributed by atoms with Crippen molar-refractivity contribution in [1.82, 2.24) is 4.98 Å². The molecule has 0 fully saturated rings. The molecule has 5 rings (SSSR count). The Morgan fingerprint density at radius 1 is 0.593 bits per heavy atom. The predicted molar refractivity (Wildman–Crippen MR) is 116 cm³/mol. The number of hydrogen-bond acceptors (Lipinski definition) is 0. The van der Waals surface area contributed by atoms with Crippen molar-refractivity contribution >= 4 is 33.5 Å². The number of aromatic nitrogens is 1. The number of hydrogen-bond donors (Lipinski definition) is 1. The molecule has 0 saturated heterocycles. The molecular formula is C26H19N. The first-order valence-corrected chi connectivity index (χ1v) is 9.22. The average Bonchev–Trinajstić information content (AvgIpc) is 3.12. The largest absolute Gasteiger partial charge is 0.354 e. The van der Waals surface area contributed by atoms with E-state index in [-0.39, 0.29) is 0 Å². The van der Waals surface area contributed by atoms with Crippen LogP contribution in [-0.2, 0) is 0 Å². The summed E-state index contributed by atoms with van der Waals surface area (Å²) in [5.41, 5.74) is 7.25. The van der Waals surface area contributed by atoms with Gasteiger partial charge in [0.05, 0.1) is 0 Å².